The zero-order chi connectivity index (χ0) is 31.0. The van der Waals surface area contributed by atoms with E-state index in [-0.39, 0.29) is 11.5 Å². The second-order valence-corrected chi connectivity index (χ2v) is 10.9. The molecule has 2 amide bonds. The summed E-state index contributed by atoms with van der Waals surface area (Å²) in [5, 5.41) is 8.87. The fraction of sp³-hybridized carbons (Fsp3) is 0.219. The predicted octanol–water partition coefficient (Wildman–Crippen LogP) is 5.98. The van der Waals surface area contributed by atoms with Gasteiger partial charge in [0.25, 0.3) is 11.8 Å². The maximum Gasteiger partial charge on any atom is 0.416 e. The first-order valence-corrected chi connectivity index (χ1v) is 14.1. The normalized spacial score (nSPS) is 16.2. The summed E-state index contributed by atoms with van der Waals surface area (Å²) in [4.78, 5) is 37.1. The molecule has 1 aromatic heterocycles. The molecule has 2 aliphatic heterocycles. The Morgan fingerprint density at radius 3 is 2.45 bits per heavy atom. The van der Waals surface area contributed by atoms with Gasteiger partial charge in [0.1, 0.15) is 0 Å². The number of anilines is 5. The Kier molecular flexibility index (Phi) is 7.60. The van der Waals surface area contributed by atoms with Gasteiger partial charge in [-0.05, 0) is 68.6 Å². The van der Waals surface area contributed by atoms with E-state index in [2.05, 4.69) is 30.8 Å². The van der Waals surface area contributed by atoms with Crippen molar-refractivity contribution in [2.45, 2.75) is 13.1 Å². The molecule has 3 heterocycles. The number of imidazole rings is 1. The van der Waals surface area contributed by atoms with Crippen LogP contribution >= 0.6 is 0 Å². The summed E-state index contributed by atoms with van der Waals surface area (Å²) in [6.07, 6.45) is -1.28. The molecule has 3 aromatic carbocycles. The van der Waals surface area contributed by atoms with Crippen molar-refractivity contribution < 1.29 is 22.8 Å². The molecule has 1 fully saturated rings. The van der Waals surface area contributed by atoms with Gasteiger partial charge in [-0.15, -0.1) is 0 Å². The van der Waals surface area contributed by atoms with E-state index >= 15 is 0 Å². The molecule has 4 N–H and O–H groups in total. The fourth-order valence-electron chi connectivity index (χ4n) is 5.26. The van der Waals surface area contributed by atoms with Gasteiger partial charge in [0, 0.05) is 65.7 Å². The summed E-state index contributed by atoms with van der Waals surface area (Å²) in [5.41, 5.74) is 4.62. The Labute approximate surface area is 251 Å². The number of aryl methyl sites for hydroxylation is 1. The number of H-pyrrole nitrogens is 1. The number of piperazine rings is 1. The van der Waals surface area contributed by atoms with Crippen LogP contribution in [0.5, 0.6) is 0 Å². The molecule has 0 radical (unpaired) electrons. The van der Waals surface area contributed by atoms with Crippen LogP contribution in [0.3, 0.4) is 0 Å². The zero-order valence-electron chi connectivity index (χ0n) is 24.0. The van der Waals surface area contributed by atoms with Crippen molar-refractivity contribution >= 4 is 51.9 Å². The molecule has 0 saturated carbocycles. The molecular formula is C32H30F3N7O2. The van der Waals surface area contributed by atoms with Crippen LogP contribution in [0.4, 0.5) is 41.6 Å². The number of benzene rings is 3. The molecule has 0 atom stereocenters. The van der Waals surface area contributed by atoms with E-state index in [0.29, 0.717) is 52.8 Å². The van der Waals surface area contributed by atoms with Crippen LogP contribution in [-0.4, -0.2) is 59.9 Å². The van der Waals surface area contributed by atoms with Gasteiger partial charge in [-0.2, -0.15) is 13.2 Å². The van der Waals surface area contributed by atoms with Gasteiger partial charge in [-0.1, -0.05) is 12.1 Å². The third kappa shape index (κ3) is 6.16. The third-order valence-corrected chi connectivity index (χ3v) is 7.74. The minimum Gasteiger partial charge on any atom is -0.369 e. The first kappa shape index (κ1) is 29.0. The number of aromatic nitrogens is 2. The highest BCUT2D eigenvalue weighted by Crippen LogP contribution is 2.36. The standard InChI is InChI=1S/C32H30F3N7O2/c1-19-28(37-18-36-19)17-27-26-7-6-24(16-29(26)40-31(27)44)38-22-4-3-5-23(15-22)39-30(43)20-12-21(32(33,34)35)14-25(13-20)42-10-8-41(2)9-11-42/h3-7,12-18,38H,8-11H2,1-2H3,(H,36,37)(H,39,43)(H,40,44). The van der Waals surface area contributed by atoms with E-state index in [0.717, 1.165) is 36.5 Å². The van der Waals surface area contributed by atoms with Crippen molar-refractivity contribution in [1.29, 1.82) is 0 Å². The number of amides is 2. The van der Waals surface area contributed by atoms with E-state index < -0.39 is 17.6 Å². The van der Waals surface area contributed by atoms with Crippen LogP contribution in [0.15, 0.2) is 67.0 Å². The number of hydrogen-bond acceptors (Lipinski definition) is 6. The number of halogens is 3. The maximum atomic E-state index is 13.8. The minimum absolute atomic E-state index is 0.0737. The Morgan fingerprint density at radius 1 is 0.977 bits per heavy atom. The quantitative estimate of drug-likeness (QED) is 0.203. The van der Waals surface area contributed by atoms with Crippen LogP contribution in [0.2, 0.25) is 0 Å². The summed E-state index contributed by atoms with van der Waals surface area (Å²) in [6, 6.07) is 15.8. The Bertz CT molecular complexity index is 1770. The van der Waals surface area contributed by atoms with Crippen LogP contribution in [0, 0.1) is 6.92 Å². The predicted molar refractivity (Wildman–Crippen MR) is 165 cm³/mol. The van der Waals surface area contributed by atoms with E-state index in [4.69, 9.17) is 0 Å². The smallest absolute Gasteiger partial charge is 0.369 e. The molecule has 0 unspecified atom stereocenters. The monoisotopic (exact) mass is 601 g/mol. The van der Waals surface area contributed by atoms with Gasteiger partial charge >= 0.3 is 6.18 Å². The second kappa shape index (κ2) is 11.5. The van der Waals surface area contributed by atoms with Gasteiger partial charge in [0.05, 0.1) is 28.8 Å². The summed E-state index contributed by atoms with van der Waals surface area (Å²) in [6.45, 7) is 4.45. The van der Waals surface area contributed by atoms with Crippen molar-refractivity contribution in [2.24, 2.45) is 0 Å². The Balaban J connectivity index is 1.19. The minimum atomic E-state index is -4.59. The molecule has 12 heteroatoms. The number of likely N-dealkylation sites (N-methyl/N-ethyl adjacent to an activating group) is 1. The number of carbonyl (C=O) groups is 2. The number of fused-ring (bicyclic) bond motifs is 1. The number of hydrogen-bond donors (Lipinski definition) is 4. The molecule has 226 valence electrons. The summed E-state index contributed by atoms with van der Waals surface area (Å²) in [5.74, 6) is -0.870. The highest BCUT2D eigenvalue weighted by Gasteiger charge is 2.33. The third-order valence-electron chi connectivity index (χ3n) is 7.74. The second-order valence-electron chi connectivity index (χ2n) is 10.9. The lowest BCUT2D eigenvalue weighted by molar-refractivity contribution is -0.137. The molecule has 44 heavy (non-hydrogen) atoms. The maximum absolute atomic E-state index is 13.8. The SMILES string of the molecule is Cc1[nH]cnc1C=C1C(=O)Nc2cc(Nc3cccc(NC(=O)c4cc(N5CCN(C)CC5)cc(C(F)(F)F)c4)c3)ccc21. The number of alkyl halides is 3. The molecule has 0 spiro atoms. The Morgan fingerprint density at radius 2 is 1.73 bits per heavy atom. The summed E-state index contributed by atoms with van der Waals surface area (Å²) in [7, 11) is 1.96. The molecule has 6 rings (SSSR count). The van der Waals surface area contributed by atoms with E-state index in [1.165, 1.54) is 6.07 Å². The number of aromatic amines is 1. The molecule has 0 bridgehead atoms. The van der Waals surface area contributed by atoms with Crippen LogP contribution in [0.25, 0.3) is 11.6 Å². The van der Waals surface area contributed by atoms with Crippen molar-refractivity contribution in [3.63, 3.8) is 0 Å². The van der Waals surface area contributed by atoms with Gasteiger partial charge in [-0.3, -0.25) is 9.59 Å². The highest BCUT2D eigenvalue weighted by molar-refractivity contribution is 6.35. The van der Waals surface area contributed by atoms with E-state index in [1.807, 2.05) is 31.0 Å². The van der Waals surface area contributed by atoms with Crippen LogP contribution < -0.4 is 20.9 Å². The lowest BCUT2D eigenvalue weighted by atomic mass is 10.0. The topological polar surface area (TPSA) is 105 Å². The number of carbonyl (C=O) groups excluding carboxylic acids is 2. The average Bonchev–Trinajstić information content (AvgIpc) is 3.54. The molecule has 9 nitrogen and oxygen atoms in total. The first-order valence-electron chi connectivity index (χ1n) is 14.1. The largest absolute Gasteiger partial charge is 0.416 e. The number of nitrogens with zero attached hydrogens (tertiary/aromatic N) is 3. The molecule has 0 aliphatic carbocycles. The lowest BCUT2D eigenvalue weighted by Crippen LogP contribution is -2.44. The number of rotatable bonds is 6. The summed E-state index contributed by atoms with van der Waals surface area (Å²) < 4.78 is 41.3. The van der Waals surface area contributed by atoms with Crippen molar-refractivity contribution in [3.05, 3.63) is 95.1 Å². The van der Waals surface area contributed by atoms with Gasteiger partial charge in [-0.25, -0.2) is 4.98 Å². The molecule has 4 aromatic rings. The fourth-order valence-corrected chi connectivity index (χ4v) is 5.26. The molecule has 2 aliphatic rings. The van der Waals surface area contributed by atoms with Gasteiger partial charge in [0.2, 0.25) is 0 Å². The van der Waals surface area contributed by atoms with Crippen LogP contribution in [-0.2, 0) is 11.0 Å². The van der Waals surface area contributed by atoms with Gasteiger partial charge < -0.3 is 30.7 Å². The van der Waals surface area contributed by atoms with Crippen molar-refractivity contribution in [2.75, 3.05) is 54.1 Å². The van der Waals surface area contributed by atoms with Gasteiger partial charge in [0.15, 0.2) is 0 Å². The first-order chi connectivity index (χ1) is 21.0. The molecular weight excluding hydrogens is 571 g/mol. The highest BCUT2D eigenvalue weighted by atomic mass is 19.4. The average molecular weight is 602 g/mol. The Hall–Kier alpha value is -5.10. The van der Waals surface area contributed by atoms with E-state index in [1.54, 1.807) is 42.7 Å². The summed E-state index contributed by atoms with van der Waals surface area (Å²) >= 11 is 0. The number of nitrogens with one attached hydrogen (secondary N) is 4. The van der Waals surface area contributed by atoms with Crippen molar-refractivity contribution in [1.82, 2.24) is 14.9 Å². The van der Waals surface area contributed by atoms with Crippen molar-refractivity contribution in [3.8, 4) is 0 Å². The van der Waals surface area contributed by atoms with E-state index in [9.17, 15) is 22.8 Å². The lowest BCUT2D eigenvalue weighted by Gasteiger charge is -2.34. The van der Waals surface area contributed by atoms with Crippen LogP contribution in [0.1, 0.15) is 32.9 Å². The zero-order valence-corrected chi connectivity index (χ0v) is 24.0. The molecule has 1 saturated heterocycles.